The van der Waals surface area contributed by atoms with Gasteiger partial charge in [0.15, 0.2) is 0 Å². The first-order chi connectivity index (χ1) is 18.2. The second-order valence-corrected chi connectivity index (χ2v) is 9.37. The molecule has 0 bridgehead atoms. The summed E-state index contributed by atoms with van der Waals surface area (Å²) < 4.78 is 13.1. The molecule has 2 rings (SSSR count). The largest absolute Gasteiger partial charge is 0.437 e. The van der Waals surface area contributed by atoms with Gasteiger partial charge in [0.05, 0.1) is 5.69 Å². The van der Waals surface area contributed by atoms with Gasteiger partial charge in [-0.15, -0.1) is 0 Å². The van der Waals surface area contributed by atoms with Crippen molar-refractivity contribution in [1.29, 1.82) is 5.26 Å². The highest BCUT2D eigenvalue weighted by Gasteiger charge is 2.16. The van der Waals surface area contributed by atoms with Crippen molar-refractivity contribution in [2.45, 2.75) is 54.9 Å². The Morgan fingerprint density at radius 3 is 2.50 bits per heavy atom. The molecule has 7 nitrogen and oxygen atoms in total. The number of aryl methyl sites for hydroxylation is 1. The Hall–Kier alpha value is -3.54. The molecule has 0 saturated heterocycles. The third-order valence-electron chi connectivity index (χ3n) is 5.38. The fourth-order valence-corrected chi connectivity index (χ4v) is 3.85. The maximum Gasteiger partial charge on any atom is 0.257 e. The number of hydrogen-bond acceptors (Lipinski definition) is 7. The van der Waals surface area contributed by atoms with E-state index in [1.165, 1.54) is 18.1 Å². The van der Waals surface area contributed by atoms with Crippen molar-refractivity contribution in [2.24, 2.45) is 18.0 Å². The predicted octanol–water partition coefficient (Wildman–Crippen LogP) is 6.11. The number of aliphatic imine (C=N–C) groups is 1. The average Bonchev–Trinajstić information content (AvgIpc) is 2.92. The molecular weight excluding hydrogens is 496 g/mol. The second-order valence-electron chi connectivity index (χ2n) is 8.39. The van der Waals surface area contributed by atoms with Crippen LogP contribution in [0.5, 0.6) is 5.75 Å². The summed E-state index contributed by atoms with van der Waals surface area (Å²) in [6.07, 6.45) is 5.94. The van der Waals surface area contributed by atoms with E-state index in [0.717, 1.165) is 28.5 Å². The van der Waals surface area contributed by atoms with E-state index in [4.69, 9.17) is 9.02 Å². The number of allylic oxidation sites excluding steroid dienone is 2. The van der Waals surface area contributed by atoms with Crippen LogP contribution in [0.25, 0.3) is 22.8 Å². The molecule has 0 saturated carbocycles. The van der Waals surface area contributed by atoms with Crippen LogP contribution in [0.1, 0.15) is 54.9 Å². The molecule has 0 atom stereocenters. The molecule has 8 heteroatoms. The Balaban J connectivity index is 0.00000352. The van der Waals surface area contributed by atoms with Crippen LogP contribution in [0.3, 0.4) is 0 Å². The van der Waals surface area contributed by atoms with E-state index in [2.05, 4.69) is 30.7 Å². The monoisotopic (exact) mass is 536 g/mol. The van der Waals surface area contributed by atoms with Gasteiger partial charge in [-0.2, -0.15) is 5.26 Å². The molecule has 1 aromatic carbocycles. The zero-order valence-electron chi connectivity index (χ0n) is 23.8. The topological polar surface area (TPSA) is 88.6 Å². The second kappa shape index (κ2) is 16.3. The van der Waals surface area contributed by atoms with Crippen molar-refractivity contribution in [3.63, 3.8) is 0 Å². The van der Waals surface area contributed by atoms with Gasteiger partial charge >= 0.3 is 0 Å². The van der Waals surface area contributed by atoms with Crippen molar-refractivity contribution in [1.82, 2.24) is 4.57 Å². The third kappa shape index (κ3) is 8.23. The standard InChI is InChI=1S/C28H34N4O3S.C2H6/c1-9-19(6)26-23(14-18(4)5)28(33)32(8)17-24(26)22-15-21(31-35-36-11-3)12-13-25(22)34-27(30-7)20(10-2)16-29;1-2/h10,12-15,17-18,31H,2,7,9,11H2,1,3-6,8H3;1-2H3/b23-14+,26-19-,27-20-;. The Bertz CT molecular complexity index is 1380. The minimum absolute atomic E-state index is 0.0452. The Morgan fingerprint density at radius 1 is 1.29 bits per heavy atom. The van der Waals surface area contributed by atoms with Crippen LogP contribution >= 0.6 is 12.0 Å². The molecule has 0 aliphatic carbocycles. The highest BCUT2D eigenvalue weighted by molar-refractivity contribution is 7.94. The zero-order chi connectivity index (χ0) is 28.8. The summed E-state index contributed by atoms with van der Waals surface area (Å²) >= 11 is 1.28. The van der Waals surface area contributed by atoms with E-state index in [0.29, 0.717) is 22.2 Å². The van der Waals surface area contributed by atoms with Gasteiger partial charge in [0.2, 0.25) is 5.88 Å². The van der Waals surface area contributed by atoms with E-state index in [9.17, 15) is 10.1 Å². The molecule has 0 aliphatic heterocycles. The number of benzene rings is 1. The summed E-state index contributed by atoms with van der Waals surface area (Å²) in [5.74, 6) is 1.44. The summed E-state index contributed by atoms with van der Waals surface area (Å²) in [4.78, 5) is 17.1. The number of nitriles is 1. The number of ether oxygens (including phenoxy) is 1. The molecule has 0 amide bonds. The van der Waals surface area contributed by atoms with Crippen LogP contribution in [0.15, 0.2) is 58.3 Å². The van der Waals surface area contributed by atoms with Crippen molar-refractivity contribution in [3.8, 4) is 22.9 Å². The molecule has 0 spiro atoms. The highest BCUT2D eigenvalue weighted by Crippen LogP contribution is 2.33. The maximum atomic E-state index is 13.2. The summed E-state index contributed by atoms with van der Waals surface area (Å²) in [6.45, 7) is 21.4. The summed E-state index contributed by atoms with van der Waals surface area (Å²) in [5.41, 5.74) is 6.30. The first kappa shape index (κ1) is 32.5. The molecule has 0 aliphatic rings. The van der Waals surface area contributed by atoms with Crippen molar-refractivity contribution < 1.29 is 9.02 Å². The lowest BCUT2D eigenvalue weighted by atomic mass is 9.97. The van der Waals surface area contributed by atoms with E-state index in [1.54, 1.807) is 23.7 Å². The Labute approximate surface area is 231 Å². The molecule has 1 heterocycles. The lowest BCUT2D eigenvalue weighted by Crippen LogP contribution is -2.46. The van der Waals surface area contributed by atoms with Gasteiger partial charge in [-0.05, 0) is 55.5 Å². The van der Waals surface area contributed by atoms with Crippen LogP contribution in [0.2, 0.25) is 0 Å². The molecule has 204 valence electrons. The smallest absolute Gasteiger partial charge is 0.257 e. The fraction of sp³-hybridized carbons (Fsp3) is 0.367. The fourth-order valence-electron chi connectivity index (χ4n) is 3.57. The van der Waals surface area contributed by atoms with E-state index >= 15 is 0 Å². The quantitative estimate of drug-likeness (QED) is 0.0709. The minimum atomic E-state index is -0.0681. The molecule has 0 fully saturated rings. The van der Waals surface area contributed by atoms with Gasteiger partial charge in [-0.1, -0.05) is 59.8 Å². The summed E-state index contributed by atoms with van der Waals surface area (Å²) in [5, 5.41) is 11.0. The molecule has 38 heavy (non-hydrogen) atoms. The van der Waals surface area contributed by atoms with Crippen molar-refractivity contribution >= 4 is 36.1 Å². The average molecular weight is 537 g/mol. The normalized spacial score (nSPS) is 12.6. The van der Waals surface area contributed by atoms with E-state index in [-0.39, 0.29) is 22.9 Å². The Morgan fingerprint density at radius 2 is 1.97 bits per heavy atom. The first-order valence-electron chi connectivity index (χ1n) is 12.7. The first-order valence-corrected chi connectivity index (χ1v) is 13.6. The third-order valence-corrected chi connectivity index (χ3v) is 5.82. The van der Waals surface area contributed by atoms with Crippen molar-refractivity contribution in [3.05, 3.63) is 69.3 Å². The molecule has 1 aromatic heterocycles. The predicted molar refractivity (Wildman–Crippen MR) is 162 cm³/mol. The zero-order valence-corrected chi connectivity index (χ0v) is 24.7. The summed E-state index contributed by atoms with van der Waals surface area (Å²) in [6, 6.07) is 7.48. The van der Waals surface area contributed by atoms with Gasteiger partial charge in [0.1, 0.15) is 17.4 Å². The van der Waals surface area contributed by atoms with Crippen molar-refractivity contribution in [2.75, 3.05) is 11.2 Å². The number of nitrogens with one attached hydrogen (secondary N) is 1. The highest BCUT2D eigenvalue weighted by atomic mass is 32.2. The number of hydrogen-bond donors (Lipinski definition) is 1. The number of anilines is 1. The summed E-state index contributed by atoms with van der Waals surface area (Å²) in [7, 11) is 1.74. The van der Waals surface area contributed by atoms with E-state index in [1.807, 2.05) is 66.0 Å². The molecule has 2 aromatic rings. The molecule has 0 unspecified atom stereocenters. The van der Waals surface area contributed by atoms with Gasteiger partial charge in [0, 0.05) is 47.4 Å². The lowest BCUT2D eigenvalue weighted by molar-refractivity contribution is 0.420. The van der Waals surface area contributed by atoms with Crippen LogP contribution in [0.4, 0.5) is 5.69 Å². The van der Waals surface area contributed by atoms with E-state index < -0.39 is 0 Å². The van der Waals surface area contributed by atoms with Crippen LogP contribution in [-0.4, -0.2) is 17.0 Å². The van der Waals surface area contributed by atoms with Crippen LogP contribution in [0, 0.1) is 17.2 Å². The van der Waals surface area contributed by atoms with Gasteiger partial charge < -0.3 is 9.30 Å². The van der Waals surface area contributed by atoms with Gasteiger partial charge in [-0.3, -0.25) is 10.3 Å². The lowest BCUT2D eigenvalue weighted by Gasteiger charge is -2.17. The number of nitrogens with zero attached hydrogens (tertiary/aromatic N) is 3. The van der Waals surface area contributed by atoms with Gasteiger partial charge in [0.25, 0.3) is 5.56 Å². The number of aromatic nitrogens is 1. The Kier molecular flexibility index (Phi) is 14.0. The molecule has 1 N–H and O–H groups in total. The SMILES string of the molecule is C=C/C(C#N)=C(\N=C)Oc1ccc(NOSCC)cc1-c1cn(C)c(=O)c(=C/C(C)C)/c1=C(\C)CC.CC. The number of pyridine rings is 1. The van der Waals surface area contributed by atoms with Crippen LogP contribution < -0.4 is 26.2 Å². The number of rotatable bonds is 11. The van der Waals surface area contributed by atoms with Gasteiger partial charge in [-0.25, -0.2) is 9.28 Å². The molecule has 0 radical (unpaired) electrons. The molecular formula is C30H40N4O3S. The minimum Gasteiger partial charge on any atom is -0.437 e. The maximum absolute atomic E-state index is 13.2. The van der Waals surface area contributed by atoms with Crippen LogP contribution in [-0.2, 0) is 11.3 Å².